The van der Waals surface area contributed by atoms with Gasteiger partial charge in [-0.2, -0.15) is 0 Å². The van der Waals surface area contributed by atoms with Crippen LogP contribution in [0, 0.1) is 6.92 Å². The van der Waals surface area contributed by atoms with Gasteiger partial charge in [0.05, 0.1) is 12.8 Å². The van der Waals surface area contributed by atoms with Crippen molar-refractivity contribution in [3.05, 3.63) is 45.7 Å². The third-order valence-corrected chi connectivity index (χ3v) is 6.03. The zero-order valence-electron chi connectivity index (χ0n) is 14.8. The fraction of sp³-hybridized carbons (Fsp3) is 0.294. The van der Waals surface area contributed by atoms with Crippen LogP contribution in [0.3, 0.4) is 0 Å². The summed E-state index contributed by atoms with van der Waals surface area (Å²) in [7, 11) is 1.31. The van der Waals surface area contributed by atoms with Crippen molar-refractivity contribution >= 4 is 39.7 Å². The number of hydrogen-bond donors (Lipinski definition) is 1. The first-order chi connectivity index (χ1) is 12.4. The lowest BCUT2D eigenvalue weighted by Gasteiger charge is -2.02. The first kappa shape index (κ1) is 18.3. The molecule has 0 spiro atoms. The molecule has 0 atom stereocenters. The summed E-state index contributed by atoms with van der Waals surface area (Å²) < 4.78 is 6.63. The molecule has 3 rings (SSSR count). The van der Waals surface area contributed by atoms with Gasteiger partial charge in [-0.1, -0.05) is 25.2 Å². The Labute approximate surface area is 158 Å². The number of rotatable bonds is 5. The molecule has 1 N–H and O–H groups in total. The van der Waals surface area contributed by atoms with Crippen LogP contribution in [0.1, 0.15) is 50.5 Å². The van der Waals surface area contributed by atoms with E-state index >= 15 is 0 Å². The molecule has 0 aliphatic rings. The van der Waals surface area contributed by atoms with E-state index in [2.05, 4.69) is 15.3 Å². The average Bonchev–Trinajstić information content (AvgIpc) is 3.32. The van der Waals surface area contributed by atoms with Crippen molar-refractivity contribution in [1.29, 1.82) is 0 Å². The molecule has 0 aliphatic carbocycles. The monoisotopic (exact) mass is 390 g/mol. The van der Waals surface area contributed by atoms with Crippen molar-refractivity contribution in [3.63, 3.8) is 0 Å². The highest BCUT2D eigenvalue weighted by Crippen LogP contribution is 2.31. The number of esters is 1. The molecule has 0 aliphatic heterocycles. The van der Waals surface area contributed by atoms with Gasteiger partial charge in [-0.3, -0.25) is 10.1 Å². The first-order valence-electron chi connectivity index (χ1n) is 7.91. The summed E-state index contributed by atoms with van der Waals surface area (Å²) >= 11 is 2.58. The van der Waals surface area contributed by atoms with Crippen LogP contribution in [0.5, 0.6) is 0 Å². The van der Waals surface area contributed by atoms with Crippen LogP contribution < -0.4 is 5.32 Å². The molecule has 26 heavy (non-hydrogen) atoms. The van der Waals surface area contributed by atoms with Crippen LogP contribution in [0.2, 0.25) is 0 Å². The van der Waals surface area contributed by atoms with Crippen LogP contribution in [0.15, 0.2) is 24.5 Å². The number of nitrogens with one attached hydrogen (secondary N) is 1. The molecule has 9 heteroatoms. The number of hydrogen-bond acceptors (Lipinski definition) is 7. The summed E-state index contributed by atoms with van der Waals surface area (Å²) in [6.45, 7) is 5.71. The lowest BCUT2D eigenvalue weighted by Crippen LogP contribution is -2.12. The van der Waals surface area contributed by atoms with Crippen LogP contribution in [-0.2, 0) is 4.74 Å². The number of amides is 1. The number of methoxy groups -OCH3 is 1. The van der Waals surface area contributed by atoms with Crippen molar-refractivity contribution < 1.29 is 14.3 Å². The molecule has 3 aromatic rings. The molecule has 7 nitrogen and oxygen atoms in total. The summed E-state index contributed by atoms with van der Waals surface area (Å²) in [6, 6.07) is 3.79. The Morgan fingerprint density at radius 3 is 2.50 bits per heavy atom. The minimum atomic E-state index is -0.505. The molecule has 0 unspecified atom stereocenters. The maximum Gasteiger partial charge on any atom is 0.357 e. The predicted octanol–water partition coefficient (Wildman–Crippen LogP) is 3.86. The van der Waals surface area contributed by atoms with Crippen LogP contribution in [0.4, 0.5) is 5.13 Å². The van der Waals surface area contributed by atoms with E-state index < -0.39 is 5.97 Å². The minimum Gasteiger partial charge on any atom is -0.464 e. The Balaban J connectivity index is 1.86. The zero-order chi connectivity index (χ0) is 18.8. The summed E-state index contributed by atoms with van der Waals surface area (Å²) in [6.07, 6.45) is 3.75. The number of carbonyl (C=O) groups is 2. The van der Waals surface area contributed by atoms with E-state index in [1.165, 1.54) is 29.8 Å². The standard InChI is InChI=1S/C17H18N4O3S2/c1-9(2)12-11(15(23)24-4)19-16(25-12)20-14(22)13-10(3)18-17(26-13)21-7-5-6-8-21/h5-9H,1-4H3,(H,19,20,22). The van der Waals surface area contributed by atoms with E-state index in [1.807, 2.05) is 42.9 Å². The summed E-state index contributed by atoms with van der Waals surface area (Å²) in [5.41, 5.74) is 0.891. The van der Waals surface area contributed by atoms with Gasteiger partial charge in [-0.15, -0.1) is 11.3 Å². The molecular formula is C17H18N4O3S2. The maximum atomic E-state index is 12.6. The molecule has 1 amide bonds. The number of anilines is 1. The average molecular weight is 390 g/mol. The van der Waals surface area contributed by atoms with Crippen LogP contribution >= 0.6 is 22.7 Å². The molecule has 136 valence electrons. The van der Waals surface area contributed by atoms with Gasteiger partial charge in [0, 0.05) is 17.3 Å². The molecule has 0 radical (unpaired) electrons. The van der Waals surface area contributed by atoms with Gasteiger partial charge < -0.3 is 9.30 Å². The van der Waals surface area contributed by atoms with E-state index in [0.717, 1.165) is 10.0 Å². The number of aryl methyl sites for hydroxylation is 1. The second-order valence-corrected chi connectivity index (χ2v) is 7.84. The van der Waals surface area contributed by atoms with E-state index in [-0.39, 0.29) is 17.5 Å². The van der Waals surface area contributed by atoms with Gasteiger partial charge in [0.1, 0.15) is 4.88 Å². The highest BCUT2D eigenvalue weighted by molar-refractivity contribution is 7.17. The van der Waals surface area contributed by atoms with Gasteiger partial charge >= 0.3 is 5.97 Å². The quantitative estimate of drug-likeness (QED) is 0.669. The second kappa shape index (κ2) is 7.38. The largest absolute Gasteiger partial charge is 0.464 e. The van der Waals surface area contributed by atoms with Crippen molar-refractivity contribution in [1.82, 2.24) is 14.5 Å². The van der Waals surface area contributed by atoms with E-state index in [4.69, 9.17) is 4.74 Å². The van der Waals surface area contributed by atoms with Crippen molar-refractivity contribution in [2.24, 2.45) is 0 Å². The highest BCUT2D eigenvalue weighted by Gasteiger charge is 2.23. The Bertz CT molecular complexity index is 942. The topological polar surface area (TPSA) is 86.1 Å². The molecule has 3 heterocycles. The minimum absolute atomic E-state index is 0.0951. The summed E-state index contributed by atoms with van der Waals surface area (Å²) in [4.78, 5) is 34.5. The van der Waals surface area contributed by atoms with Gasteiger partial charge in [-0.05, 0) is 25.0 Å². The van der Waals surface area contributed by atoms with Gasteiger partial charge in [0.15, 0.2) is 16.0 Å². The fourth-order valence-electron chi connectivity index (χ4n) is 2.34. The van der Waals surface area contributed by atoms with Gasteiger partial charge in [0.2, 0.25) is 0 Å². The highest BCUT2D eigenvalue weighted by atomic mass is 32.1. The molecule has 0 saturated heterocycles. The van der Waals surface area contributed by atoms with Crippen LogP contribution in [0.25, 0.3) is 5.13 Å². The molecule has 0 saturated carbocycles. The second-order valence-electron chi connectivity index (χ2n) is 5.83. The fourth-order valence-corrected chi connectivity index (χ4v) is 4.22. The molecule has 0 aromatic carbocycles. The SMILES string of the molecule is COC(=O)c1nc(NC(=O)c2sc(-n3cccc3)nc2C)sc1C(C)C. The van der Waals surface area contributed by atoms with Crippen LogP contribution in [-0.4, -0.2) is 33.5 Å². The Kier molecular flexibility index (Phi) is 5.19. The van der Waals surface area contributed by atoms with Gasteiger partial charge in [0.25, 0.3) is 5.91 Å². The van der Waals surface area contributed by atoms with Crippen molar-refractivity contribution in [2.75, 3.05) is 12.4 Å². The van der Waals surface area contributed by atoms with E-state index in [9.17, 15) is 9.59 Å². The Morgan fingerprint density at radius 2 is 1.88 bits per heavy atom. The lowest BCUT2D eigenvalue weighted by molar-refractivity contribution is 0.0593. The maximum absolute atomic E-state index is 12.6. The number of nitrogens with zero attached hydrogens (tertiary/aromatic N) is 3. The summed E-state index contributed by atoms with van der Waals surface area (Å²) in [5, 5.41) is 3.86. The van der Waals surface area contributed by atoms with E-state index in [0.29, 0.717) is 15.7 Å². The zero-order valence-corrected chi connectivity index (χ0v) is 16.4. The predicted molar refractivity (Wildman–Crippen MR) is 102 cm³/mol. The van der Waals surface area contributed by atoms with E-state index in [1.54, 1.807) is 6.92 Å². The third kappa shape index (κ3) is 3.54. The smallest absolute Gasteiger partial charge is 0.357 e. The molecule has 3 aromatic heterocycles. The lowest BCUT2D eigenvalue weighted by atomic mass is 10.1. The normalized spacial score (nSPS) is 11.0. The van der Waals surface area contributed by atoms with Crippen molar-refractivity contribution in [3.8, 4) is 5.13 Å². The molecule has 0 bridgehead atoms. The van der Waals surface area contributed by atoms with Crippen molar-refractivity contribution in [2.45, 2.75) is 26.7 Å². The number of thiazole rings is 2. The third-order valence-electron chi connectivity index (χ3n) is 3.59. The molecule has 0 fully saturated rings. The summed E-state index contributed by atoms with van der Waals surface area (Å²) in [5.74, 6) is -0.703. The number of ether oxygens (including phenoxy) is 1. The Morgan fingerprint density at radius 1 is 1.19 bits per heavy atom. The number of carbonyl (C=O) groups excluding carboxylic acids is 2. The van der Waals surface area contributed by atoms with Gasteiger partial charge in [-0.25, -0.2) is 14.8 Å². The first-order valence-corrected chi connectivity index (χ1v) is 9.55. The Hall–Kier alpha value is -2.52. The number of aromatic nitrogens is 3. The molecular weight excluding hydrogens is 372 g/mol.